The van der Waals surface area contributed by atoms with Gasteiger partial charge in [0.25, 0.3) is 5.69 Å². The molecule has 1 aliphatic rings. The van der Waals surface area contributed by atoms with E-state index in [0.717, 1.165) is 19.5 Å². The lowest BCUT2D eigenvalue weighted by Crippen LogP contribution is -2.39. The number of carbonyl (C=O) groups excluding carboxylic acids is 1. The molecule has 0 aromatic heterocycles. The van der Waals surface area contributed by atoms with Gasteiger partial charge in [-0.15, -0.1) is 0 Å². The van der Waals surface area contributed by atoms with E-state index in [9.17, 15) is 14.9 Å². The average molecular weight is 312 g/mol. The van der Waals surface area contributed by atoms with E-state index in [-0.39, 0.29) is 16.6 Å². The highest BCUT2D eigenvalue weighted by atomic mass is 35.5. The van der Waals surface area contributed by atoms with Crippen LogP contribution in [0.3, 0.4) is 0 Å². The van der Waals surface area contributed by atoms with Gasteiger partial charge < -0.3 is 5.32 Å². The van der Waals surface area contributed by atoms with Crippen molar-refractivity contribution < 1.29 is 9.72 Å². The standard InChI is InChI=1S/C14H18ClN3O3/c1-10-3-2-6-17(8-10)9-14(19)16-13-5-4-11(18(20)21)7-12(13)15/h4-5,7,10H,2-3,6,8-9H2,1H3,(H,16,19)/t10-/m0/s1. The summed E-state index contributed by atoms with van der Waals surface area (Å²) in [5.74, 6) is 0.453. The number of halogens is 1. The van der Waals surface area contributed by atoms with Crippen LogP contribution in [0.4, 0.5) is 11.4 Å². The minimum absolute atomic E-state index is 0.0946. The van der Waals surface area contributed by atoms with Crippen LogP contribution in [0.25, 0.3) is 0 Å². The summed E-state index contributed by atoms with van der Waals surface area (Å²) in [6.45, 7) is 4.34. The molecule has 1 fully saturated rings. The zero-order valence-electron chi connectivity index (χ0n) is 11.8. The number of anilines is 1. The Morgan fingerprint density at radius 3 is 2.95 bits per heavy atom. The lowest BCUT2D eigenvalue weighted by atomic mass is 10.0. The second-order valence-electron chi connectivity index (χ2n) is 5.45. The van der Waals surface area contributed by atoms with Crippen LogP contribution in [-0.4, -0.2) is 35.4 Å². The van der Waals surface area contributed by atoms with Gasteiger partial charge in [0.05, 0.1) is 22.2 Å². The van der Waals surface area contributed by atoms with Crippen LogP contribution in [0.2, 0.25) is 5.02 Å². The minimum atomic E-state index is -0.521. The van der Waals surface area contributed by atoms with E-state index in [1.54, 1.807) is 0 Å². The van der Waals surface area contributed by atoms with Gasteiger partial charge in [-0.25, -0.2) is 0 Å². The number of benzene rings is 1. The molecule has 0 spiro atoms. The molecule has 1 saturated heterocycles. The van der Waals surface area contributed by atoms with E-state index in [4.69, 9.17) is 11.6 Å². The molecule has 0 bridgehead atoms. The third-order valence-electron chi connectivity index (χ3n) is 3.55. The Hall–Kier alpha value is -1.66. The van der Waals surface area contributed by atoms with Gasteiger partial charge in [-0.1, -0.05) is 18.5 Å². The highest BCUT2D eigenvalue weighted by molar-refractivity contribution is 6.34. The van der Waals surface area contributed by atoms with Crippen molar-refractivity contribution in [1.29, 1.82) is 0 Å². The van der Waals surface area contributed by atoms with E-state index >= 15 is 0 Å². The fourth-order valence-electron chi connectivity index (χ4n) is 2.54. The van der Waals surface area contributed by atoms with E-state index in [1.807, 2.05) is 0 Å². The molecular weight excluding hydrogens is 294 g/mol. The smallest absolute Gasteiger partial charge is 0.271 e. The van der Waals surface area contributed by atoms with Crippen LogP contribution in [0.1, 0.15) is 19.8 Å². The van der Waals surface area contributed by atoms with Gasteiger partial charge in [0.15, 0.2) is 0 Å². The van der Waals surface area contributed by atoms with Gasteiger partial charge in [0.1, 0.15) is 0 Å². The van der Waals surface area contributed by atoms with Crippen molar-refractivity contribution in [1.82, 2.24) is 4.90 Å². The summed E-state index contributed by atoms with van der Waals surface area (Å²) < 4.78 is 0. The van der Waals surface area contributed by atoms with Gasteiger partial charge in [0, 0.05) is 18.7 Å². The number of carbonyl (C=O) groups is 1. The molecule has 7 heteroatoms. The summed E-state index contributed by atoms with van der Waals surface area (Å²) in [5.41, 5.74) is 0.306. The Kier molecular flexibility index (Phi) is 5.14. The van der Waals surface area contributed by atoms with E-state index < -0.39 is 4.92 Å². The van der Waals surface area contributed by atoms with Gasteiger partial charge in [-0.2, -0.15) is 0 Å². The van der Waals surface area contributed by atoms with Crippen LogP contribution >= 0.6 is 11.6 Å². The van der Waals surface area contributed by atoms with Gasteiger partial charge in [-0.3, -0.25) is 19.8 Å². The second kappa shape index (κ2) is 6.87. The fraction of sp³-hybridized carbons (Fsp3) is 0.500. The molecule has 0 saturated carbocycles. The quantitative estimate of drug-likeness (QED) is 0.685. The number of nitro groups is 1. The fourth-order valence-corrected chi connectivity index (χ4v) is 2.76. The molecule has 0 unspecified atom stereocenters. The monoisotopic (exact) mass is 311 g/mol. The first-order chi connectivity index (χ1) is 9.95. The predicted octanol–water partition coefficient (Wildman–Crippen LogP) is 2.92. The molecule has 114 valence electrons. The number of nitrogens with one attached hydrogen (secondary N) is 1. The number of rotatable bonds is 4. The summed E-state index contributed by atoms with van der Waals surface area (Å²) in [4.78, 5) is 24.2. The van der Waals surface area contributed by atoms with Crippen molar-refractivity contribution in [3.05, 3.63) is 33.3 Å². The number of piperidine rings is 1. The van der Waals surface area contributed by atoms with E-state index in [1.165, 1.54) is 24.6 Å². The zero-order chi connectivity index (χ0) is 15.4. The number of nitrogens with zero attached hydrogens (tertiary/aromatic N) is 2. The molecule has 21 heavy (non-hydrogen) atoms. The van der Waals surface area contributed by atoms with Crippen molar-refractivity contribution >= 4 is 28.9 Å². The summed E-state index contributed by atoms with van der Waals surface area (Å²) in [6, 6.07) is 4.02. The molecule has 1 atom stereocenters. The SMILES string of the molecule is C[C@H]1CCCN(CC(=O)Nc2ccc([N+](=O)[O-])cc2Cl)C1. The Labute approximate surface area is 128 Å². The number of hydrogen-bond acceptors (Lipinski definition) is 4. The number of amides is 1. The largest absolute Gasteiger partial charge is 0.324 e. The molecule has 0 aliphatic carbocycles. The maximum absolute atomic E-state index is 12.0. The predicted molar refractivity (Wildman–Crippen MR) is 81.6 cm³/mol. The third kappa shape index (κ3) is 4.41. The lowest BCUT2D eigenvalue weighted by molar-refractivity contribution is -0.384. The van der Waals surface area contributed by atoms with Crippen molar-refractivity contribution in [3.8, 4) is 0 Å². The summed E-state index contributed by atoms with van der Waals surface area (Å²) in [7, 11) is 0. The molecular formula is C14H18ClN3O3. The van der Waals surface area contributed by atoms with Crippen molar-refractivity contribution in [3.63, 3.8) is 0 Å². The second-order valence-corrected chi connectivity index (χ2v) is 5.86. The topological polar surface area (TPSA) is 75.5 Å². The molecule has 0 radical (unpaired) electrons. The number of nitro benzene ring substituents is 1. The Balaban J connectivity index is 1.94. The molecule has 1 aliphatic heterocycles. The number of likely N-dealkylation sites (tertiary alicyclic amines) is 1. The summed E-state index contributed by atoms with van der Waals surface area (Å²) in [5, 5.41) is 13.5. The normalized spacial score (nSPS) is 19.2. The minimum Gasteiger partial charge on any atom is -0.324 e. The maximum atomic E-state index is 12.0. The number of non-ortho nitro benzene ring substituents is 1. The molecule has 6 nitrogen and oxygen atoms in total. The zero-order valence-corrected chi connectivity index (χ0v) is 12.6. The van der Waals surface area contributed by atoms with Crippen LogP contribution in [0.15, 0.2) is 18.2 Å². The third-order valence-corrected chi connectivity index (χ3v) is 3.86. The van der Waals surface area contributed by atoms with Gasteiger partial charge in [-0.05, 0) is 31.4 Å². The van der Waals surface area contributed by atoms with Gasteiger partial charge >= 0.3 is 0 Å². The average Bonchev–Trinajstić information content (AvgIpc) is 2.40. The van der Waals surface area contributed by atoms with Crippen molar-refractivity contribution in [2.75, 3.05) is 25.0 Å². The van der Waals surface area contributed by atoms with Crippen LogP contribution < -0.4 is 5.32 Å². The van der Waals surface area contributed by atoms with Crippen molar-refractivity contribution in [2.24, 2.45) is 5.92 Å². The maximum Gasteiger partial charge on any atom is 0.271 e. The molecule has 2 rings (SSSR count). The highest BCUT2D eigenvalue weighted by Crippen LogP contribution is 2.26. The van der Waals surface area contributed by atoms with Gasteiger partial charge in [0.2, 0.25) is 5.91 Å². The van der Waals surface area contributed by atoms with Crippen LogP contribution in [-0.2, 0) is 4.79 Å². The van der Waals surface area contributed by atoms with Crippen LogP contribution in [0, 0.1) is 16.0 Å². The lowest BCUT2D eigenvalue weighted by Gasteiger charge is -2.30. The molecule has 1 heterocycles. The van der Waals surface area contributed by atoms with Crippen molar-refractivity contribution in [2.45, 2.75) is 19.8 Å². The summed E-state index contributed by atoms with van der Waals surface area (Å²) >= 11 is 5.95. The first kappa shape index (κ1) is 15.7. The Morgan fingerprint density at radius 2 is 2.33 bits per heavy atom. The first-order valence-corrected chi connectivity index (χ1v) is 7.29. The molecule has 1 aromatic rings. The molecule has 1 amide bonds. The Bertz CT molecular complexity index is 550. The Morgan fingerprint density at radius 1 is 1.57 bits per heavy atom. The first-order valence-electron chi connectivity index (χ1n) is 6.92. The number of hydrogen-bond donors (Lipinski definition) is 1. The summed E-state index contributed by atoms with van der Waals surface area (Å²) in [6.07, 6.45) is 2.30. The van der Waals surface area contributed by atoms with Crippen LogP contribution in [0.5, 0.6) is 0 Å². The van der Waals surface area contributed by atoms with E-state index in [2.05, 4.69) is 17.1 Å². The van der Waals surface area contributed by atoms with E-state index in [0.29, 0.717) is 18.2 Å². The highest BCUT2D eigenvalue weighted by Gasteiger charge is 2.19. The molecule has 1 N–H and O–H groups in total. The molecule has 1 aromatic carbocycles.